The average molecular weight is 415 g/mol. The first-order chi connectivity index (χ1) is 13.6. The molecule has 5 rings (SSSR count). The Bertz CT molecular complexity index is 1110. The summed E-state index contributed by atoms with van der Waals surface area (Å²) in [6.45, 7) is 2.39. The number of nitrogens with zero attached hydrogens (tertiary/aromatic N) is 3. The van der Waals surface area contributed by atoms with Crippen molar-refractivity contribution in [3.8, 4) is 5.75 Å². The molecule has 0 atom stereocenters. The number of hydrogen-bond donors (Lipinski definition) is 0. The Labute approximate surface area is 169 Å². The lowest BCUT2D eigenvalue weighted by molar-refractivity contribution is -0.385. The molecule has 0 saturated carbocycles. The summed E-state index contributed by atoms with van der Waals surface area (Å²) >= 11 is 3.36. The summed E-state index contributed by atoms with van der Waals surface area (Å²) in [5.74, 6) is 1.99. The summed E-state index contributed by atoms with van der Waals surface area (Å²) in [4.78, 5) is 22.7. The second-order valence-electron chi connectivity index (χ2n) is 6.86. The van der Waals surface area contributed by atoms with Crippen molar-refractivity contribution in [2.45, 2.75) is 43.6 Å². The monoisotopic (exact) mass is 415 g/mol. The van der Waals surface area contributed by atoms with E-state index < -0.39 is 0 Å². The van der Waals surface area contributed by atoms with Crippen LogP contribution in [0.3, 0.4) is 0 Å². The Morgan fingerprint density at radius 1 is 1.32 bits per heavy atom. The molecular formula is C19H17N3O4S2. The molecule has 1 aromatic carbocycles. The number of rotatable bonds is 4. The summed E-state index contributed by atoms with van der Waals surface area (Å²) in [5, 5.41) is 13.4. The van der Waals surface area contributed by atoms with Crippen LogP contribution < -0.4 is 4.74 Å². The zero-order chi connectivity index (χ0) is 19.3. The second-order valence-corrected chi connectivity index (χ2v) is 8.91. The van der Waals surface area contributed by atoms with Gasteiger partial charge in [0.05, 0.1) is 11.5 Å². The number of hydrogen-bond acceptors (Lipinski definition) is 8. The Balaban J connectivity index is 1.53. The Morgan fingerprint density at radius 2 is 2.21 bits per heavy atom. The molecule has 3 aromatic rings. The maximum absolute atomic E-state index is 11.3. The van der Waals surface area contributed by atoms with Gasteiger partial charge in [0, 0.05) is 39.3 Å². The van der Waals surface area contributed by atoms with Crippen LogP contribution in [-0.4, -0.2) is 21.7 Å². The molecule has 7 nitrogen and oxygen atoms in total. The number of nitro benzene ring substituents is 1. The highest BCUT2D eigenvalue weighted by atomic mass is 32.2. The Kier molecular flexibility index (Phi) is 4.45. The van der Waals surface area contributed by atoms with E-state index >= 15 is 0 Å². The molecule has 144 valence electrons. The first-order valence-corrected chi connectivity index (χ1v) is 10.8. The second kappa shape index (κ2) is 6.98. The molecule has 0 unspecified atom stereocenters. The number of ether oxygens (including phenoxy) is 2. The van der Waals surface area contributed by atoms with Crippen molar-refractivity contribution < 1.29 is 14.4 Å². The van der Waals surface area contributed by atoms with Gasteiger partial charge in [0.2, 0.25) is 0 Å². The summed E-state index contributed by atoms with van der Waals surface area (Å²) in [7, 11) is 0. The molecule has 0 N–H and O–H groups in total. The number of non-ortho nitro benzene ring substituents is 1. The third kappa shape index (κ3) is 3.03. The third-order valence-electron chi connectivity index (χ3n) is 4.99. The first-order valence-electron chi connectivity index (χ1n) is 9.02. The van der Waals surface area contributed by atoms with E-state index in [0.717, 1.165) is 45.0 Å². The van der Waals surface area contributed by atoms with Crippen LogP contribution in [0.25, 0.3) is 10.2 Å². The molecule has 3 heterocycles. The largest absolute Gasteiger partial charge is 0.467 e. The molecule has 1 aliphatic carbocycles. The number of benzene rings is 1. The Hall–Kier alpha value is -2.23. The first kappa shape index (κ1) is 17.8. The molecule has 1 aliphatic heterocycles. The lowest BCUT2D eigenvalue weighted by Gasteiger charge is -2.20. The zero-order valence-corrected chi connectivity index (χ0v) is 16.8. The van der Waals surface area contributed by atoms with Gasteiger partial charge in [-0.1, -0.05) is 0 Å². The highest BCUT2D eigenvalue weighted by Gasteiger charge is 2.24. The van der Waals surface area contributed by atoms with E-state index in [4.69, 9.17) is 14.5 Å². The van der Waals surface area contributed by atoms with Crippen LogP contribution in [0.2, 0.25) is 0 Å². The summed E-state index contributed by atoms with van der Waals surface area (Å²) in [6.07, 6.45) is 3.37. The van der Waals surface area contributed by atoms with E-state index in [-0.39, 0.29) is 17.4 Å². The Morgan fingerprint density at radius 3 is 3.07 bits per heavy atom. The summed E-state index contributed by atoms with van der Waals surface area (Å²) in [6, 6.07) is 3.13. The third-order valence-corrected chi connectivity index (χ3v) is 7.20. The molecule has 2 aliphatic rings. The maximum Gasteiger partial charge on any atom is 0.270 e. The molecule has 0 fully saturated rings. The molecule has 9 heteroatoms. The number of fused-ring (bicyclic) bond motifs is 4. The minimum atomic E-state index is -0.373. The van der Waals surface area contributed by atoms with Gasteiger partial charge < -0.3 is 9.47 Å². The van der Waals surface area contributed by atoms with Gasteiger partial charge in [0.15, 0.2) is 6.79 Å². The van der Waals surface area contributed by atoms with Gasteiger partial charge in [-0.05, 0) is 31.7 Å². The predicted octanol–water partition coefficient (Wildman–Crippen LogP) is 4.56. The van der Waals surface area contributed by atoms with Gasteiger partial charge in [-0.2, -0.15) is 0 Å². The van der Waals surface area contributed by atoms with Crippen LogP contribution in [0, 0.1) is 17.0 Å². The number of thioether (sulfide) groups is 1. The van der Waals surface area contributed by atoms with E-state index in [1.54, 1.807) is 29.2 Å². The summed E-state index contributed by atoms with van der Waals surface area (Å²) < 4.78 is 11.0. The standard InChI is InChI=1S/C19H17N3O4S2/c1-10-20-18(16-14-3-2-4-15(14)28-19(16)21-10)27-8-12-6-13(22(23)24)5-11-7-25-9-26-17(11)12/h5-6H,2-4,7-9H2,1H3. The fourth-order valence-electron chi connectivity index (χ4n) is 3.81. The van der Waals surface area contributed by atoms with Crippen LogP contribution >= 0.6 is 23.1 Å². The van der Waals surface area contributed by atoms with Crippen molar-refractivity contribution in [2.75, 3.05) is 6.79 Å². The van der Waals surface area contributed by atoms with Gasteiger partial charge >= 0.3 is 0 Å². The number of nitro groups is 1. The molecule has 0 amide bonds. The van der Waals surface area contributed by atoms with E-state index in [9.17, 15) is 10.1 Å². The van der Waals surface area contributed by atoms with Crippen LogP contribution in [0.15, 0.2) is 17.2 Å². The smallest absolute Gasteiger partial charge is 0.270 e. The topological polar surface area (TPSA) is 87.4 Å². The number of thiophene rings is 1. The van der Waals surface area contributed by atoms with Crippen molar-refractivity contribution in [2.24, 2.45) is 0 Å². The fourth-order valence-corrected chi connectivity index (χ4v) is 6.25. The van der Waals surface area contributed by atoms with E-state index in [1.807, 2.05) is 6.92 Å². The van der Waals surface area contributed by atoms with Crippen LogP contribution in [0.1, 0.15) is 33.8 Å². The van der Waals surface area contributed by atoms with Crippen LogP contribution in [-0.2, 0) is 29.9 Å². The molecular weight excluding hydrogens is 398 g/mol. The highest BCUT2D eigenvalue weighted by Crippen LogP contribution is 2.42. The molecule has 0 bridgehead atoms. The van der Waals surface area contributed by atoms with E-state index in [2.05, 4.69) is 4.98 Å². The normalized spacial score (nSPS) is 15.3. The van der Waals surface area contributed by atoms with Crippen LogP contribution in [0.4, 0.5) is 5.69 Å². The van der Waals surface area contributed by atoms with Gasteiger partial charge in [-0.3, -0.25) is 10.1 Å². The maximum atomic E-state index is 11.3. The minimum absolute atomic E-state index is 0.0592. The van der Waals surface area contributed by atoms with Gasteiger partial charge in [0.25, 0.3) is 5.69 Å². The van der Waals surface area contributed by atoms with E-state index in [1.165, 1.54) is 22.9 Å². The summed E-state index contributed by atoms with van der Waals surface area (Å²) in [5.41, 5.74) is 2.96. The number of aromatic nitrogens is 2. The fraction of sp³-hybridized carbons (Fsp3) is 0.368. The van der Waals surface area contributed by atoms with Gasteiger partial charge in [0.1, 0.15) is 21.4 Å². The van der Waals surface area contributed by atoms with Crippen molar-refractivity contribution in [3.05, 3.63) is 49.6 Å². The van der Waals surface area contributed by atoms with Gasteiger partial charge in [-0.25, -0.2) is 9.97 Å². The van der Waals surface area contributed by atoms with Crippen molar-refractivity contribution in [1.82, 2.24) is 9.97 Å². The highest BCUT2D eigenvalue weighted by molar-refractivity contribution is 7.98. The zero-order valence-electron chi connectivity index (χ0n) is 15.2. The number of aryl methyl sites for hydroxylation is 3. The molecule has 0 spiro atoms. The quantitative estimate of drug-likeness (QED) is 0.267. The molecule has 0 radical (unpaired) electrons. The van der Waals surface area contributed by atoms with Crippen molar-refractivity contribution in [1.29, 1.82) is 0 Å². The predicted molar refractivity (Wildman–Crippen MR) is 107 cm³/mol. The lowest BCUT2D eigenvalue weighted by Crippen LogP contribution is -2.13. The molecule has 28 heavy (non-hydrogen) atoms. The van der Waals surface area contributed by atoms with Crippen molar-refractivity contribution >= 4 is 39.0 Å². The average Bonchev–Trinajstić information content (AvgIpc) is 3.26. The minimum Gasteiger partial charge on any atom is -0.467 e. The lowest BCUT2D eigenvalue weighted by atomic mass is 10.1. The van der Waals surface area contributed by atoms with Crippen molar-refractivity contribution in [3.63, 3.8) is 0 Å². The SMILES string of the molecule is Cc1nc(SCc2cc([N+](=O)[O-])cc3c2OCOC3)c2c3c(sc2n1)CCC3. The van der Waals surface area contributed by atoms with Crippen LogP contribution in [0.5, 0.6) is 5.75 Å². The van der Waals surface area contributed by atoms with Gasteiger partial charge in [-0.15, -0.1) is 23.1 Å². The van der Waals surface area contributed by atoms with E-state index in [0.29, 0.717) is 18.1 Å². The molecule has 0 saturated heterocycles. The molecule has 2 aromatic heterocycles.